The highest BCUT2D eigenvalue weighted by molar-refractivity contribution is 6.09. The fourth-order valence-corrected chi connectivity index (χ4v) is 3.47. The van der Waals surface area contributed by atoms with Crippen molar-refractivity contribution < 1.29 is 19.1 Å². The zero-order chi connectivity index (χ0) is 23.8. The number of anilines is 1. The summed E-state index contributed by atoms with van der Waals surface area (Å²) >= 11 is 0. The van der Waals surface area contributed by atoms with E-state index in [9.17, 15) is 14.4 Å². The van der Waals surface area contributed by atoms with Crippen LogP contribution in [0.5, 0.6) is 0 Å². The molecule has 1 unspecified atom stereocenters. The van der Waals surface area contributed by atoms with Crippen LogP contribution in [-0.2, 0) is 16.0 Å². The second-order valence-corrected chi connectivity index (χ2v) is 7.71. The number of benzene rings is 4. The van der Waals surface area contributed by atoms with Gasteiger partial charge in [-0.05, 0) is 42.0 Å². The third kappa shape index (κ3) is 5.84. The lowest BCUT2D eigenvalue weighted by molar-refractivity contribution is -0.124. The Bertz CT molecular complexity index is 1250. The van der Waals surface area contributed by atoms with Crippen molar-refractivity contribution in [3.8, 4) is 0 Å². The van der Waals surface area contributed by atoms with Crippen LogP contribution in [0, 0.1) is 0 Å². The first kappa shape index (κ1) is 22.7. The van der Waals surface area contributed by atoms with Gasteiger partial charge in [0, 0.05) is 23.2 Å². The molecule has 0 spiro atoms. The molecule has 0 saturated carbocycles. The van der Waals surface area contributed by atoms with Crippen molar-refractivity contribution in [3.63, 3.8) is 0 Å². The van der Waals surface area contributed by atoms with Gasteiger partial charge in [0.2, 0.25) is 0 Å². The van der Waals surface area contributed by atoms with Gasteiger partial charge in [0.15, 0.2) is 11.9 Å². The van der Waals surface area contributed by atoms with Crippen molar-refractivity contribution in [1.82, 2.24) is 0 Å². The number of carbonyl (C=O) groups excluding carboxylic acids is 3. The van der Waals surface area contributed by atoms with E-state index in [0.717, 1.165) is 5.56 Å². The fourth-order valence-electron chi connectivity index (χ4n) is 3.47. The molecule has 5 heteroatoms. The normalized spacial score (nSPS) is 11.3. The topological polar surface area (TPSA) is 72.5 Å². The molecule has 5 nitrogen and oxygen atoms in total. The SMILES string of the molecule is O=C(OC(Cc1ccccc1)C(=O)Nc1ccc(C(=O)c2ccccc2)cc1)c1ccccc1. The van der Waals surface area contributed by atoms with Gasteiger partial charge in [0.05, 0.1) is 5.56 Å². The van der Waals surface area contributed by atoms with Crippen LogP contribution in [0.15, 0.2) is 115 Å². The maximum atomic E-state index is 13.1. The Labute approximate surface area is 198 Å². The van der Waals surface area contributed by atoms with Crippen LogP contribution in [0.4, 0.5) is 5.69 Å². The van der Waals surface area contributed by atoms with Crippen LogP contribution in [0.2, 0.25) is 0 Å². The van der Waals surface area contributed by atoms with Gasteiger partial charge < -0.3 is 10.1 Å². The van der Waals surface area contributed by atoms with Crippen LogP contribution < -0.4 is 5.32 Å². The molecule has 1 amide bonds. The van der Waals surface area contributed by atoms with Crippen LogP contribution in [0.25, 0.3) is 0 Å². The molecular weight excluding hydrogens is 426 g/mol. The first-order chi connectivity index (χ1) is 16.6. The maximum absolute atomic E-state index is 13.1. The molecule has 0 aliphatic heterocycles. The van der Waals surface area contributed by atoms with Gasteiger partial charge in [-0.3, -0.25) is 9.59 Å². The molecular formula is C29H23NO4. The summed E-state index contributed by atoms with van der Waals surface area (Å²) in [4.78, 5) is 38.3. The fraction of sp³-hybridized carbons (Fsp3) is 0.0690. The first-order valence-corrected chi connectivity index (χ1v) is 10.9. The van der Waals surface area contributed by atoms with Crippen molar-refractivity contribution in [1.29, 1.82) is 0 Å². The minimum atomic E-state index is -1.03. The third-order valence-corrected chi connectivity index (χ3v) is 5.27. The Hall–Kier alpha value is -4.51. The molecule has 4 rings (SSSR count). The standard InChI is InChI=1S/C29H23NO4/c31-27(22-12-6-2-7-13-22)23-16-18-25(19-17-23)30-28(32)26(20-21-10-4-1-5-11-21)34-29(33)24-14-8-3-9-15-24/h1-19,26H,20H2,(H,30,32). The van der Waals surface area contributed by atoms with Crippen LogP contribution in [0.1, 0.15) is 31.8 Å². The van der Waals surface area contributed by atoms with Gasteiger partial charge in [-0.25, -0.2) is 4.79 Å². The molecule has 1 atom stereocenters. The summed E-state index contributed by atoms with van der Waals surface area (Å²) in [5.41, 5.74) is 2.85. The molecule has 0 radical (unpaired) electrons. The van der Waals surface area contributed by atoms with E-state index >= 15 is 0 Å². The van der Waals surface area contributed by atoms with Crippen molar-refractivity contribution in [2.45, 2.75) is 12.5 Å². The molecule has 34 heavy (non-hydrogen) atoms. The molecule has 0 aliphatic carbocycles. The average molecular weight is 450 g/mol. The van der Waals surface area contributed by atoms with Crippen LogP contribution in [0.3, 0.4) is 0 Å². The first-order valence-electron chi connectivity index (χ1n) is 10.9. The van der Waals surface area contributed by atoms with E-state index in [0.29, 0.717) is 22.4 Å². The highest BCUT2D eigenvalue weighted by Gasteiger charge is 2.24. The van der Waals surface area contributed by atoms with E-state index in [2.05, 4.69) is 5.32 Å². The second kappa shape index (κ2) is 10.9. The van der Waals surface area contributed by atoms with Gasteiger partial charge in [0.25, 0.3) is 5.91 Å². The smallest absolute Gasteiger partial charge is 0.338 e. The predicted octanol–water partition coefficient (Wildman–Crippen LogP) is 5.32. The zero-order valence-electron chi connectivity index (χ0n) is 18.4. The Morgan fingerprint density at radius 1 is 0.618 bits per heavy atom. The predicted molar refractivity (Wildman–Crippen MR) is 131 cm³/mol. The number of hydrogen-bond acceptors (Lipinski definition) is 4. The lowest BCUT2D eigenvalue weighted by atomic mass is 10.0. The van der Waals surface area contributed by atoms with Crippen LogP contribution >= 0.6 is 0 Å². The Kier molecular flexibility index (Phi) is 7.25. The minimum absolute atomic E-state index is 0.0998. The average Bonchev–Trinajstić information content (AvgIpc) is 2.90. The Balaban J connectivity index is 1.48. The lowest BCUT2D eigenvalue weighted by Gasteiger charge is -2.18. The van der Waals surface area contributed by atoms with Gasteiger partial charge in [0.1, 0.15) is 0 Å². The highest BCUT2D eigenvalue weighted by Crippen LogP contribution is 2.16. The number of esters is 1. The Morgan fingerprint density at radius 2 is 1.12 bits per heavy atom. The number of ketones is 1. The molecule has 0 fully saturated rings. The van der Waals surface area contributed by atoms with Crippen molar-refractivity contribution in [2.75, 3.05) is 5.32 Å². The van der Waals surface area contributed by atoms with Crippen LogP contribution in [-0.4, -0.2) is 23.8 Å². The zero-order valence-corrected chi connectivity index (χ0v) is 18.4. The second-order valence-electron chi connectivity index (χ2n) is 7.71. The lowest BCUT2D eigenvalue weighted by Crippen LogP contribution is -2.34. The molecule has 0 bridgehead atoms. The van der Waals surface area contributed by atoms with Gasteiger partial charge in [-0.1, -0.05) is 78.9 Å². The number of rotatable bonds is 8. The third-order valence-electron chi connectivity index (χ3n) is 5.27. The van der Waals surface area contributed by atoms with E-state index in [1.54, 1.807) is 66.7 Å². The van der Waals surface area contributed by atoms with E-state index in [1.807, 2.05) is 48.5 Å². The van der Waals surface area contributed by atoms with Gasteiger partial charge >= 0.3 is 5.97 Å². The van der Waals surface area contributed by atoms with Crippen molar-refractivity contribution in [2.24, 2.45) is 0 Å². The summed E-state index contributed by atoms with van der Waals surface area (Å²) in [6, 6.07) is 33.6. The number of carbonyl (C=O) groups is 3. The highest BCUT2D eigenvalue weighted by atomic mass is 16.5. The van der Waals surface area contributed by atoms with Crippen molar-refractivity contribution in [3.05, 3.63) is 138 Å². The van der Waals surface area contributed by atoms with E-state index < -0.39 is 18.0 Å². The summed E-state index contributed by atoms with van der Waals surface area (Å²) in [6.45, 7) is 0. The summed E-state index contributed by atoms with van der Waals surface area (Å²) in [5.74, 6) is -1.12. The quantitative estimate of drug-likeness (QED) is 0.292. The summed E-state index contributed by atoms with van der Waals surface area (Å²) in [5, 5.41) is 2.80. The maximum Gasteiger partial charge on any atom is 0.338 e. The molecule has 0 aromatic heterocycles. The molecule has 0 aliphatic rings. The van der Waals surface area contributed by atoms with Gasteiger partial charge in [-0.15, -0.1) is 0 Å². The summed E-state index contributed by atoms with van der Waals surface area (Å²) < 4.78 is 5.59. The van der Waals surface area contributed by atoms with E-state index in [4.69, 9.17) is 4.74 Å². The number of hydrogen-bond donors (Lipinski definition) is 1. The Morgan fingerprint density at radius 3 is 1.71 bits per heavy atom. The monoisotopic (exact) mass is 449 g/mol. The number of nitrogens with one attached hydrogen (secondary N) is 1. The summed E-state index contributed by atoms with van der Waals surface area (Å²) in [6.07, 6.45) is -0.795. The van der Waals surface area contributed by atoms with Crippen molar-refractivity contribution >= 4 is 23.3 Å². The largest absolute Gasteiger partial charge is 0.448 e. The van der Waals surface area contributed by atoms with Gasteiger partial charge in [-0.2, -0.15) is 0 Å². The molecule has 4 aromatic carbocycles. The molecule has 168 valence electrons. The minimum Gasteiger partial charge on any atom is -0.448 e. The van der Waals surface area contributed by atoms with E-state index in [-0.39, 0.29) is 12.2 Å². The molecule has 4 aromatic rings. The summed E-state index contributed by atoms with van der Waals surface area (Å²) in [7, 11) is 0. The molecule has 1 N–H and O–H groups in total. The number of amides is 1. The number of ether oxygens (including phenoxy) is 1. The molecule has 0 saturated heterocycles. The molecule has 0 heterocycles. The van der Waals surface area contributed by atoms with E-state index in [1.165, 1.54) is 0 Å².